The fraction of sp³-hybridized carbons (Fsp3) is 0.421. The lowest BCUT2D eigenvalue weighted by atomic mass is 10.1. The van der Waals surface area contributed by atoms with Crippen molar-refractivity contribution in [1.29, 1.82) is 0 Å². The van der Waals surface area contributed by atoms with Crippen molar-refractivity contribution >= 4 is 38.9 Å². The second kappa shape index (κ2) is 10.0. The molecule has 10 heteroatoms. The van der Waals surface area contributed by atoms with Crippen LogP contribution in [0.25, 0.3) is 0 Å². The topological polar surface area (TPSA) is 87.7 Å². The molecule has 29 heavy (non-hydrogen) atoms. The number of hydrogen-bond donors (Lipinski definition) is 2. The van der Waals surface area contributed by atoms with Crippen molar-refractivity contribution in [2.45, 2.75) is 23.7 Å². The Morgan fingerprint density at radius 1 is 1.28 bits per heavy atom. The van der Waals surface area contributed by atoms with Crippen LogP contribution in [0.4, 0.5) is 0 Å². The summed E-state index contributed by atoms with van der Waals surface area (Å²) in [4.78, 5) is 14.0. The minimum absolute atomic E-state index is 0.147. The predicted molar refractivity (Wildman–Crippen MR) is 114 cm³/mol. The van der Waals surface area contributed by atoms with Crippen LogP contribution >= 0.6 is 22.9 Å². The van der Waals surface area contributed by atoms with Crippen LogP contribution in [-0.2, 0) is 26.1 Å². The molecule has 2 aromatic rings. The summed E-state index contributed by atoms with van der Waals surface area (Å²) in [5.74, 6) is -0.157. The van der Waals surface area contributed by atoms with Crippen molar-refractivity contribution in [3.8, 4) is 0 Å². The van der Waals surface area contributed by atoms with Crippen molar-refractivity contribution in [2.24, 2.45) is 0 Å². The first-order chi connectivity index (χ1) is 13.8. The molecule has 0 aliphatic carbocycles. The van der Waals surface area contributed by atoms with Crippen LogP contribution < -0.4 is 10.0 Å². The molecule has 0 radical (unpaired) electrons. The van der Waals surface area contributed by atoms with E-state index in [0.717, 1.165) is 34.9 Å². The zero-order chi connectivity index (χ0) is 20.9. The number of thiophene rings is 1. The summed E-state index contributed by atoms with van der Waals surface area (Å²) in [5.41, 5.74) is 0.958. The van der Waals surface area contributed by atoms with Crippen molar-refractivity contribution in [2.75, 3.05) is 32.8 Å². The number of sulfonamides is 1. The summed E-state index contributed by atoms with van der Waals surface area (Å²) in [6, 6.07) is 10.6. The zero-order valence-corrected chi connectivity index (χ0v) is 18.4. The SMILES string of the molecule is CC(=O)NCc1ccc(S(=O)(=O)NCC(c2cccc(Cl)c2)N2CCOCC2)s1. The Morgan fingerprint density at radius 3 is 2.72 bits per heavy atom. The number of benzene rings is 1. The summed E-state index contributed by atoms with van der Waals surface area (Å²) in [6.07, 6.45) is 0. The molecule has 0 bridgehead atoms. The molecule has 1 aliphatic rings. The van der Waals surface area contributed by atoms with Crippen molar-refractivity contribution in [3.05, 3.63) is 51.9 Å². The average Bonchev–Trinajstić information content (AvgIpc) is 3.17. The van der Waals surface area contributed by atoms with Crippen LogP contribution in [0.5, 0.6) is 0 Å². The smallest absolute Gasteiger partial charge is 0.250 e. The zero-order valence-electron chi connectivity index (χ0n) is 16.1. The van der Waals surface area contributed by atoms with Gasteiger partial charge in [0.15, 0.2) is 0 Å². The summed E-state index contributed by atoms with van der Waals surface area (Å²) >= 11 is 7.31. The van der Waals surface area contributed by atoms with E-state index in [9.17, 15) is 13.2 Å². The van der Waals surface area contributed by atoms with Gasteiger partial charge in [-0.25, -0.2) is 13.1 Å². The van der Waals surface area contributed by atoms with Gasteiger partial charge in [-0.05, 0) is 29.8 Å². The van der Waals surface area contributed by atoms with E-state index in [1.807, 2.05) is 18.2 Å². The molecule has 1 atom stereocenters. The summed E-state index contributed by atoms with van der Waals surface area (Å²) in [7, 11) is -3.66. The Hall–Kier alpha value is -1.49. The maximum absolute atomic E-state index is 12.8. The van der Waals surface area contributed by atoms with Gasteiger partial charge in [-0.15, -0.1) is 11.3 Å². The second-order valence-corrected chi connectivity index (χ2v) is 10.3. The Morgan fingerprint density at radius 2 is 2.03 bits per heavy atom. The van der Waals surface area contributed by atoms with Gasteiger partial charge < -0.3 is 10.1 Å². The fourth-order valence-electron chi connectivity index (χ4n) is 3.13. The largest absolute Gasteiger partial charge is 0.379 e. The van der Waals surface area contributed by atoms with Gasteiger partial charge >= 0.3 is 0 Å². The van der Waals surface area contributed by atoms with Crippen LogP contribution in [0.15, 0.2) is 40.6 Å². The van der Waals surface area contributed by atoms with Gasteiger partial charge in [0.05, 0.1) is 19.8 Å². The van der Waals surface area contributed by atoms with Crippen LogP contribution in [0.2, 0.25) is 5.02 Å². The number of nitrogens with zero attached hydrogens (tertiary/aromatic N) is 1. The quantitative estimate of drug-likeness (QED) is 0.635. The number of amides is 1. The lowest BCUT2D eigenvalue weighted by Crippen LogP contribution is -2.43. The molecule has 1 aliphatic heterocycles. The number of nitrogens with one attached hydrogen (secondary N) is 2. The lowest BCUT2D eigenvalue weighted by Gasteiger charge is -2.34. The number of hydrogen-bond acceptors (Lipinski definition) is 6. The lowest BCUT2D eigenvalue weighted by molar-refractivity contribution is -0.119. The van der Waals surface area contributed by atoms with Crippen LogP contribution in [0, 0.1) is 0 Å². The standard InChI is InChI=1S/C19H24ClN3O4S2/c1-14(24)21-12-17-5-6-19(28-17)29(25,26)22-13-18(23-7-9-27-10-8-23)15-3-2-4-16(20)11-15/h2-6,11,18,22H,7-10,12-13H2,1H3,(H,21,24). The van der Waals surface area contributed by atoms with Crippen LogP contribution in [-0.4, -0.2) is 52.1 Å². The van der Waals surface area contributed by atoms with Crippen LogP contribution in [0.1, 0.15) is 23.4 Å². The Balaban J connectivity index is 1.73. The molecule has 7 nitrogen and oxygen atoms in total. The monoisotopic (exact) mass is 457 g/mol. The molecule has 1 saturated heterocycles. The number of rotatable bonds is 8. The van der Waals surface area contributed by atoms with E-state index >= 15 is 0 Å². The summed E-state index contributed by atoms with van der Waals surface area (Å²) in [5, 5.41) is 3.29. The van der Waals surface area contributed by atoms with E-state index in [1.54, 1.807) is 18.2 Å². The highest BCUT2D eigenvalue weighted by Gasteiger charge is 2.26. The number of morpholine rings is 1. The van der Waals surface area contributed by atoms with Gasteiger partial charge in [-0.2, -0.15) is 0 Å². The number of halogens is 1. The molecular formula is C19H24ClN3O4S2. The molecular weight excluding hydrogens is 434 g/mol. The fourth-order valence-corrected chi connectivity index (χ4v) is 5.71. The van der Waals surface area contributed by atoms with E-state index in [0.29, 0.717) is 24.8 Å². The van der Waals surface area contributed by atoms with Gasteiger partial charge in [0.2, 0.25) is 15.9 Å². The molecule has 3 rings (SSSR count). The third kappa shape index (κ3) is 6.24. The minimum atomic E-state index is -3.66. The maximum atomic E-state index is 12.8. The number of carbonyl (C=O) groups is 1. The highest BCUT2D eigenvalue weighted by atomic mass is 35.5. The first kappa shape index (κ1) is 22.2. The normalized spacial score (nSPS) is 16.5. The van der Waals surface area contributed by atoms with E-state index < -0.39 is 10.0 Å². The third-order valence-corrected chi connectivity index (χ3v) is 7.84. The molecule has 1 fully saturated rings. The number of ether oxygens (including phenoxy) is 1. The first-order valence-corrected chi connectivity index (χ1v) is 11.9. The van der Waals surface area contributed by atoms with E-state index in [4.69, 9.17) is 16.3 Å². The van der Waals surface area contributed by atoms with Gasteiger partial charge in [0.25, 0.3) is 0 Å². The molecule has 0 saturated carbocycles. The second-order valence-electron chi connectivity index (χ2n) is 6.70. The van der Waals surface area contributed by atoms with Gasteiger partial charge in [-0.3, -0.25) is 9.69 Å². The Labute approximate surface area is 180 Å². The molecule has 1 unspecified atom stereocenters. The molecule has 2 heterocycles. The van der Waals surface area contributed by atoms with Crippen LogP contribution in [0.3, 0.4) is 0 Å². The molecule has 1 aromatic heterocycles. The highest BCUT2D eigenvalue weighted by Crippen LogP contribution is 2.26. The minimum Gasteiger partial charge on any atom is -0.379 e. The van der Waals surface area contributed by atoms with Crippen molar-refractivity contribution in [3.63, 3.8) is 0 Å². The first-order valence-electron chi connectivity index (χ1n) is 9.25. The summed E-state index contributed by atoms with van der Waals surface area (Å²) < 4.78 is 34.0. The Kier molecular flexibility index (Phi) is 7.66. The third-order valence-electron chi connectivity index (χ3n) is 4.60. The molecule has 158 valence electrons. The van der Waals surface area contributed by atoms with Gasteiger partial charge in [-0.1, -0.05) is 23.7 Å². The van der Waals surface area contributed by atoms with Crippen molar-refractivity contribution in [1.82, 2.24) is 14.9 Å². The van der Waals surface area contributed by atoms with Crippen molar-refractivity contribution < 1.29 is 17.9 Å². The molecule has 1 aromatic carbocycles. The van der Waals surface area contributed by atoms with Gasteiger partial charge in [0.1, 0.15) is 4.21 Å². The number of carbonyl (C=O) groups excluding carboxylic acids is 1. The molecule has 1 amide bonds. The van der Waals surface area contributed by atoms with Gasteiger partial charge in [0, 0.05) is 42.5 Å². The predicted octanol–water partition coefficient (Wildman–Crippen LogP) is 2.39. The van der Waals surface area contributed by atoms with E-state index in [1.165, 1.54) is 6.92 Å². The average molecular weight is 458 g/mol. The summed E-state index contributed by atoms with van der Waals surface area (Å²) in [6.45, 7) is 4.63. The van der Waals surface area contributed by atoms with E-state index in [-0.39, 0.29) is 22.7 Å². The highest BCUT2D eigenvalue weighted by molar-refractivity contribution is 7.91. The molecule has 0 spiro atoms. The maximum Gasteiger partial charge on any atom is 0.250 e. The Bertz CT molecular complexity index is 942. The van der Waals surface area contributed by atoms with E-state index in [2.05, 4.69) is 14.9 Å². The molecule has 2 N–H and O–H groups in total.